The highest BCUT2D eigenvalue weighted by molar-refractivity contribution is 5.82. The molecule has 0 aromatic heterocycles. The van der Waals surface area contributed by atoms with Crippen molar-refractivity contribution in [2.24, 2.45) is 5.92 Å². The largest absolute Gasteiger partial charge is 0.497 e. The van der Waals surface area contributed by atoms with Crippen molar-refractivity contribution in [3.63, 3.8) is 0 Å². The molecular weight excluding hydrogens is 398 g/mol. The van der Waals surface area contributed by atoms with Crippen molar-refractivity contribution < 1.29 is 9.53 Å². The molecule has 32 heavy (non-hydrogen) atoms. The van der Waals surface area contributed by atoms with Crippen molar-refractivity contribution in [1.29, 1.82) is 0 Å². The highest BCUT2D eigenvalue weighted by Gasteiger charge is 2.41. The third kappa shape index (κ3) is 4.03. The lowest BCUT2D eigenvalue weighted by Crippen LogP contribution is -2.61. The molecule has 5 nitrogen and oxygen atoms in total. The van der Waals surface area contributed by atoms with Crippen molar-refractivity contribution in [2.75, 3.05) is 36.5 Å². The Morgan fingerprint density at radius 2 is 1.81 bits per heavy atom. The number of nitrogens with zero attached hydrogens (tertiary/aromatic N) is 2. The molecule has 1 amide bonds. The summed E-state index contributed by atoms with van der Waals surface area (Å²) in [6.07, 6.45) is 0.768. The van der Waals surface area contributed by atoms with Crippen LogP contribution in [0.1, 0.15) is 11.1 Å². The van der Waals surface area contributed by atoms with Crippen LogP contribution >= 0.6 is 0 Å². The summed E-state index contributed by atoms with van der Waals surface area (Å²) in [6.45, 7) is 3.17. The highest BCUT2D eigenvalue weighted by atomic mass is 16.5. The minimum Gasteiger partial charge on any atom is -0.497 e. The molecule has 2 heterocycles. The Morgan fingerprint density at radius 1 is 1.00 bits per heavy atom. The van der Waals surface area contributed by atoms with Gasteiger partial charge in [-0.25, -0.2) is 0 Å². The summed E-state index contributed by atoms with van der Waals surface area (Å²) in [5.41, 5.74) is 4.80. The van der Waals surface area contributed by atoms with E-state index in [2.05, 4.69) is 51.5 Å². The third-order valence-electron chi connectivity index (χ3n) is 6.69. The van der Waals surface area contributed by atoms with Gasteiger partial charge in [-0.2, -0.15) is 0 Å². The molecule has 5 rings (SSSR count). The molecular formula is C27H29N3O2. The van der Waals surface area contributed by atoms with Gasteiger partial charge >= 0.3 is 0 Å². The molecule has 2 atom stereocenters. The van der Waals surface area contributed by atoms with Gasteiger partial charge in [0.1, 0.15) is 5.75 Å². The number of fused-ring (bicyclic) bond motifs is 3. The quantitative estimate of drug-likeness (QED) is 0.671. The number of rotatable bonds is 5. The summed E-state index contributed by atoms with van der Waals surface area (Å²) < 4.78 is 5.43. The van der Waals surface area contributed by atoms with E-state index >= 15 is 0 Å². The summed E-state index contributed by atoms with van der Waals surface area (Å²) in [5, 5.41) is 3.20. The molecule has 0 bridgehead atoms. The Hall–Kier alpha value is -3.47. The molecule has 0 spiro atoms. The SMILES string of the molecule is COc1cccc(N2CCN3c4ccccc4C[C@@H](C(=O)NCc4ccccc4)[C@H]3C2)c1. The maximum atomic E-state index is 13.4. The normalized spacial score (nSPS) is 19.7. The first kappa shape index (κ1) is 20.4. The molecule has 5 heteroatoms. The summed E-state index contributed by atoms with van der Waals surface area (Å²) in [6, 6.07) is 27.0. The van der Waals surface area contributed by atoms with E-state index in [0.717, 1.165) is 43.1 Å². The highest BCUT2D eigenvalue weighted by Crippen LogP contribution is 2.37. The molecule has 1 N–H and O–H groups in total. The number of anilines is 2. The summed E-state index contributed by atoms with van der Waals surface area (Å²) in [5.74, 6) is 0.893. The van der Waals surface area contributed by atoms with Gasteiger partial charge in [0.15, 0.2) is 0 Å². The second-order valence-electron chi connectivity index (χ2n) is 8.55. The first-order valence-corrected chi connectivity index (χ1v) is 11.3. The number of benzene rings is 3. The minimum absolute atomic E-state index is 0.0954. The molecule has 3 aromatic rings. The zero-order valence-corrected chi connectivity index (χ0v) is 18.4. The van der Waals surface area contributed by atoms with Gasteiger partial charge in [0.25, 0.3) is 0 Å². The zero-order chi connectivity index (χ0) is 21.9. The van der Waals surface area contributed by atoms with Gasteiger partial charge in [-0.05, 0) is 35.7 Å². The van der Waals surface area contributed by atoms with Crippen molar-refractivity contribution in [1.82, 2.24) is 5.32 Å². The number of carbonyl (C=O) groups is 1. The molecule has 2 aliphatic rings. The van der Waals surface area contributed by atoms with Crippen molar-refractivity contribution in [3.05, 3.63) is 90.0 Å². The number of hydrogen-bond donors (Lipinski definition) is 1. The van der Waals surface area contributed by atoms with Crippen LogP contribution in [-0.4, -0.2) is 38.7 Å². The number of carbonyl (C=O) groups excluding carboxylic acids is 1. The summed E-state index contributed by atoms with van der Waals surface area (Å²) in [4.78, 5) is 18.2. The van der Waals surface area contributed by atoms with Crippen molar-refractivity contribution in [2.45, 2.75) is 19.0 Å². The van der Waals surface area contributed by atoms with Gasteiger partial charge in [-0.15, -0.1) is 0 Å². The lowest BCUT2D eigenvalue weighted by Gasteiger charge is -2.49. The van der Waals surface area contributed by atoms with Crippen LogP contribution in [0.3, 0.4) is 0 Å². The topological polar surface area (TPSA) is 44.8 Å². The standard InChI is InChI=1S/C27H29N3O2/c1-32-23-12-7-11-22(17-23)29-14-15-30-25-13-6-5-10-21(25)16-24(26(30)19-29)27(31)28-18-20-8-3-2-4-9-20/h2-13,17,24,26H,14-16,18-19H2,1H3,(H,28,31)/t24-,26-/m1/s1. The molecule has 1 saturated heterocycles. The molecule has 0 unspecified atom stereocenters. The Labute approximate surface area is 189 Å². The van der Waals surface area contributed by atoms with Gasteiger partial charge in [0.05, 0.1) is 19.1 Å². The van der Waals surface area contributed by atoms with E-state index in [4.69, 9.17) is 4.74 Å². The monoisotopic (exact) mass is 427 g/mol. The third-order valence-corrected chi connectivity index (χ3v) is 6.69. The van der Waals surface area contributed by atoms with E-state index < -0.39 is 0 Å². The molecule has 164 valence electrons. The lowest BCUT2D eigenvalue weighted by molar-refractivity contribution is -0.126. The number of piperazine rings is 1. The fourth-order valence-electron chi connectivity index (χ4n) is 5.02. The van der Waals surface area contributed by atoms with Crippen LogP contribution < -0.4 is 19.9 Å². The first-order chi connectivity index (χ1) is 15.7. The van der Waals surface area contributed by atoms with E-state index in [9.17, 15) is 4.79 Å². The van der Waals surface area contributed by atoms with E-state index in [0.29, 0.717) is 6.54 Å². The second-order valence-corrected chi connectivity index (χ2v) is 8.55. The molecule has 1 fully saturated rings. The molecule has 2 aliphatic heterocycles. The van der Waals surface area contributed by atoms with Crippen LogP contribution in [0.15, 0.2) is 78.9 Å². The van der Waals surface area contributed by atoms with E-state index in [-0.39, 0.29) is 17.9 Å². The van der Waals surface area contributed by atoms with Crippen molar-refractivity contribution in [3.8, 4) is 5.75 Å². The Morgan fingerprint density at radius 3 is 2.66 bits per heavy atom. The second kappa shape index (κ2) is 8.95. The van der Waals surface area contributed by atoms with Crippen LogP contribution in [0.2, 0.25) is 0 Å². The fraction of sp³-hybridized carbons (Fsp3) is 0.296. The van der Waals surface area contributed by atoms with Crippen LogP contribution in [0.25, 0.3) is 0 Å². The minimum atomic E-state index is -0.0954. The molecule has 3 aromatic carbocycles. The molecule has 0 radical (unpaired) electrons. The van der Waals surface area contributed by atoms with E-state index in [1.165, 1.54) is 11.3 Å². The molecule has 0 saturated carbocycles. The maximum Gasteiger partial charge on any atom is 0.225 e. The predicted molar refractivity (Wildman–Crippen MR) is 128 cm³/mol. The maximum absolute atomic E-state index is 13.4. The number of ether oxygens (including phenoxy) is 1. The Balaban J connectivity index is 1.40. The number of hydrogen-bond acceptors (Lipinski definition) is 4. The van der Waals surface area contributed by atoms with Gasteiger partial charge in [-0.1, -0.05) is 54.6 Å². The fourth-order valence-corrected chi connectivity index (χ4v) is 5.02. The molecule has 0 aliphatic carbocycles. The van der Waals surface area contributed by atoms with Crippen molar-refractivity contribution >= 4 is 17.3 Å². The smallest absolute Gasteiger partial charge is 0.225 e. The average molecular weight is 428 g/mol. The zero-order valence-electron chi connectivity index (χ0n) is 18.4. The van der Waals surface area contributed by atoms with E-state index in [1.807, 2.05) is 42.5 Å². The number of methoxy groups -OCH3 is 1. The Bertz CT molecular complexity index is 1090. The van der Waals surface area contributed by atoms with E-state index in [1.54, 1.807) is 7.11 Å². The van der Waals surface area contributed by atoms with Gasteiger partial charge in [-0.3, -0.25) is 4.79 Å². The van der Waals surface area contributed by atoms with Gasteiger partial charge in [0, 0.05) is 43.6 Å². The van der Waals surface area contributed by atoms with Crippen LogP contribution in [0.4, 0.5) is 11.4 Å². The van der Waals surface area contributed by atoms with Gasteiger partial charge < -0.3 is 19.9 Å². The van der Waals surface area contributed by atoms with Crippen LogP contribution in [0, 0.1) is 5.92 Å². The average Bonchev–Trinajstić information content (AvgIpc) is 2.87. The predicted octanol–water partition coefficient (Wildman–Crippen LogP) is 3.88. The first-order valence-electron chi connectivity index (χ1n) is 11.3. The lowest BCUT2D eigenvalue weighted by atomic mass is 9.83. The summed E-state index contributed by atoms with van der Waals surface area (Å²) in [7, 11) is 1.70. The summed E-state index contributed by atoms with van der Waals surface area (Å²) >= 11 is 0. The Kier molecular flexibility index (Phi) is 5.71. The van der Waals surface area contributed by atoms with Crippen LogP contribution in [-0.2, 0) is 17.8 Å². The number of para-hydroxylation sites is 1. The van der Waals surface area contributed by atoms with Gasteiger partial charge in [0.2, 0.25) is 5.91 Å². The number of nitrogens with one attached hydrogen (secondary N) is 1. The number of amides is 1. The van der Waals surface area contributed by atoms with Crippen LogP contribution in [0.5, 0.6) is 5.75 Å².